The molecule has 0 fully saturated rings. The van der Waals surface area contributed by atoms with E-state index in [9.17, 15) is 40.0 Å². The summed E-state index contributed by atoms with van der Waals surface area (Å²) in [5, 5.41) is 8.05. The van der Waals surface area contributed by atoms with Gasteiger partial charge in [0, 0.05) is 6.42 Å². The third-order valence-electron chi connectivity index (χ3n) is 4.93. The zero-order valence-corrected chi connectivity index (χ0v) is 21.5. The van der Waals surface area contributed by atoms with Gasteiger partial charge in [0.05, 0.1) is 12.8 Å². The summed E-state index contributed by atoms with van der Waals surface area (Å²) < 4.78 is 95.2. The van der Waals surface area contributed by atoms with Gasteiger partial charge in [-0.1, -0.05) is 18.3 Å². The number of nitrogens with zero attached hydrogens (tertiary/aromatic N) is 4. The van der Waals surface area contributed by atoms with Crippen LogP contribution in [-0.4, -0.2) is 48.9 Å². The molecule has 0 bridgehead atoms. The van der Waals surface area contributed by atoms with Crippen LogP contribution in [0, 0.1) is 12.8 Å². The summed E-state index contributed by atoms with van der Waals surface area (Å²) in [6.45, 7) is 4.78. The van der Waals surface area contributed by atoms with E-state index < -0.39 is 38.8 Å². The number of carbonyl (C=O) groups is 2. The molecule has 1 unspecified atom stereocenters. The SMILES string of the molecule is COC(=O)c1nnc(N=Nc2cc(CCC(C)CC(C)=O)c(C)cc2NS(=O)(=O)C(F)(F)C(F)(F)F)s1. The lowest BCUT2D eigenvalue weighted by Gasteiger charge is -2.21. The number of methoxy groups -OCH3 is 1. The van der Waals surface area contributed by atoms with Crippen molar-refractivity contribution in [1.82, 2.24) is 10.2 Å². The van der Waals surface area contributed by atoms with E-state index in [2.05, 4.69) is 25.2 Å². The Morgan fingerprint density at radius 1 is 1.16 bits per heavy atom. The monoisotopic (exact) mass is 571 g/mol. The van der Waals surface area contributed by atoms with Gasteiger partial charge in [0.25, 0.3) is 5.13 Å². The van der Waals surface area contributed by atoms with Gasteiger partial charge in [-0.2, -0.15) is 30.4 Å². The van der Waals surface area contributed by atoms with E-state index in [1.807, 2.05) is 6.92 Å². The predicted molar refractivity (Wildman–Crippen MR) is 123 cm³/mol. The second kappa shape index (κ2) is 11.5. The number of rotatable bonds is 11. The molecule has 2 rings (SSSR count). The van der Waals surface area contributed by atoms with Crippen molar-refractivity contribution >= 4 is 49.6 Å². The maximum absolute atomic E-state index is 13.7. The zero-order valence-electron chi connectivity index (χ0n) is 19.9. The van der Waals surface area contributed by atoms with Gasteiger partial charge in [-0.05, 0) is 55.9 Å². The van der Waals surface area contributed by atoms with Crippen LogP contribution >= 0.6 is 11.3 Å². The van der Waals surface area contributed by atoms with E-state index in [-0.39, 0.29) is 21.8 Å². The van der Waals surface area contributed by atoms with Crippen molar-refractivity contribution in [3.05, 3.63) is 28.3 Å². The Hall–Kier alpha value is -3.08. The molecule has 0 amide bonds. The van der Waals surface area contributed by atoms with Gasteiger partial charge in [0.15, 0.2) is 0 Å². The molecule has 17 heteroatoms. The molecule has 0 spiro atoms. The normalized spacial score (nSPS) is 13.5. The first-order valence-corrected chi connectivity index (χ1v) is 12.7. The minimum Gasteiger partial charge on any atom is -0.464 e. The number of sulfonamides is 1. The van der Waals surface area contributed by atoms with Crippen molar-refractivity contribution in [2.75, 3.05) is 11.8 Å². The molecular formula is C20H22F5N5O5S2. The quantitative estimate of drug-likeness (QED) is 0.214. The van der Waals surface area contributed by atoms with Crippen LogP contribution in [0.15, 0.2) is 22.4 Å². The van der Waals surface area contributed by atoms with E-state index in [0.29, 0.717) is 41.7 Å². The standard InChI is InChI=1S/C20H22F5N5O5S2/c1-10(7-12(3)31)5-6-13-9-14(26-28-18-29-27-16(36-18)17(32)35-4)15(8-11(13)2)30-37(33,34)20(24,25)19(21,22)23/h8-10,30H,5-7H2,1-4H3. The average Bonchev–Trinajstić information content (AvgIpc) is 3.24. The first-order valence-electron chi connectivity index (χ1n) is 10.4. The summed E-state index contributed by atoms with van der Waals surface area (Å²) in [5.41, 5.74) is -0.159. The van der Waals surface area contributed by atoms with Gasteiger partial charge in [-0.15, -0.1) is 20.4 Å². The molecule has 0 aliphatic carbocycles. The molecule has 1 aromatic heterocycles. The highest BCUT2D eigenvalue weighted by atomic mass is 32.2. The highest BCUT2D eigenvalue weighted by molar-refractivity contribution is 7.93. The molecule has 204 valence electrons. The van der Waals surface area contributed by atoms with E-state index in [0.717, 1.165) is 13.2 Å². The van der Waals surface area contributed by atoms with Crippen molar-refractivity contribution in [3.63, 3.8) is 0 Å². The summed E-state index contributed by atoms with van der Waals surface area (Å²) in [6, 6.07) is 2.31. The third kappa shape index (κ3) is 7.47. The Kier molecular flexibility index (Phi) is 9.40. The Labute approximate surface area is 212 Å². The van der Waals surface area contributed by atoms with Crippen molar-refractivity contribution in [3.8, 4) is 0 Å². The van der Waals surface area contributed by atoms with Crippen LogP contribution in [0.2, 0.25) is 0 Å². The number of halogens is 5. The van der Waals surface area contributed by atoms with Crippen LogP contribution < -0.4 is 4.72 Å². The van der Waals surface area contributed by atoms with Crippen LogP contribution in [0.25, 0.3) is 0 Å². The number of ketones is 1. The summed E-state index contributed by atoms with van der Waals surface area (Å²) in [4.78, 5) is 22.8. The highest BCUT2D eigenvalue weighted by Crippen LogP contribution is 2.42. The van der Waals surface area contributed by atoms with E-state index in [4.69, 9.17) is 0 Å². The predicted octanol–water partition coefficient (Wildman–Crippen LogP) is 5.49. The van der Waals surface area contributed by atoms with E-state index >= 15 is 0 Å². The molecule has 0 saturated heterocycles. The van der Waals surface area contributed by atoms with Gasteiger partial charge in [-0.25, -0.2) is 4.79 Å². The van der Waals surface area contributed by atoms with Gasteiger partial charge in [0.2, 0.25) is 5.01 Å². The van der Waals surface area contributed by atoms with Gasteiger partial charge in [0.1, 0.15) is 11.5 Å². The number of aryl methyl sites for hydroxylation is 2. The van der Waals surface area contributed by atoms with Crippen LogP contribution in [0.1, 0.15) is 47.6 Å². The first kappa shape index (κ1) is 30.1. The largest absolute Gasteiger partial charge is 0.471 e. The lowest BCUT2D eigenvalue weighted by molar-refractivity contribution is -0.241. The van der Waals surface area contributed by atoms with E-state index in [1.54, 1.807) is 0 Å². The lowest BCUT2D eigenvalue weighted by atomic mass is 9.94. The van der Waals surface area contributed by atoms with Gasteiger partial charge >= 0.3 is 27.4 Å². The van der Waals surface area contributed by atoms with Crippen molar-refractivity contribution in [2.45, 2.75) is 51.5 Å². The van der Waals surface area contributed by atoms with E-state index in [1.165, 1.54) is 24.6 Å². The van der Waals surface area contributed by atoms with Crippen molar-refractivity contribution < 1.29 is 44.7 Å². The lowest BCUT2D eigenvalue weighted by Crippen LogP contribution is -2.46. The molecule has 0 radical (unpaired) electrons. The summed E-state index contributed by atoms with van der Waals surface area (Å²) in [5.74, 6) is -0.847. The Balaban J connectivity index is 2.49. The smallest absolute Gasteiger partial charge is 0.464 e. The molecule has 1 aromatic carbocycles. The second-order valence-corrected chi connectivity index (χ2v) is 10.7. The number of anilines is 1. The second-order valence-electron chi connectivity index (χ2n) is 8.05. The van der Waals surface area contributed by atoms with Crippen molar-refractivity contribution in [1.29, 1.82) is 0 Å². The average molecular weight is 572 g/mol. The van der Waals surface area contributed by atoms with Crippen LogP contribution in [0.4, 0.5) is 38.5 Å². The Bertz CT molecular complexity index is 1290. The zero-order chi connectivity index (χ0) is 28.2. The number of hydrogen-bond acceptors (Lipinski definition) is 10. The topological polar surface area (TPSA) is 140 Å². The number of aromatic nitrogens is 2. The number of benzene rings is 1. The fraction of sp³-hybridized carbons (Fsp3) is 0.500. The first-order chi connectivity index (χ1) is 17.0. The molecular weight excluding hydrogens is 549 g/mol. The van der Waals surface area contributed by atoms with Crippen LogP contribution in [0.5, 0.6) is 0 Å². The number of azo groups is 1. The molecule has 0 aliphatic heterocycles. The maximum Gasteiger partial charge on any atom is 0.471 e. The molecule has 0 saturated carbocycles. The molecule has 1 heterocycles. The molecule has 37 heavy (non-hydrogen) atoms. The third-order valence-corrected chi connectivity index (χ3v) is 7.11. The number of ether oxygens (including phenoxy) is 1. The number of nitrogens with one attached hydrogen (secondary N) is 1. The maximum atomic E-state index is 13.7. The number of alkyl halides is 5. The number of Topliss-reactive ketones (excluding diaryl/α,β-unsaturated/α-hetero) is 1. The number of esters is 1. The molecule has 10 nitrogen and oxygen atoms in total. The highest BCUT2D eigenvalue weighted by Gasteiger charge is 2.67. The molecule has 1 atom stereocenters. The van der Waals surface area contributed by atoms with Gasteiger partial charge in [-0.3, -0.25) is 4.72 Å². The Morgan fingerprint density at radius 3 is 2.38 bits per heavy atom. The van der Waals surface area contributed by atoms with Crippen molar-refractivity contribution in [2.24, 2.45) is 16.1 Å². The number of hydrogen-bond donors (Lipinski definition) is 1. The molecule has 1 N–H and O–H groups in total. The summed E-state index contributed by atoms with van der Waals surface area (Å²) in [6.07, 6.45) is -5.18. The van der Waals surface area contributed by atoms with Crippen LogP contribution in [-0.2, 0) is 26.0 Å². The number of carbonyl (C=O) groups excluding carboxylic acids is 2. The summed E-state index contributed by atoms with van der Waals surface area (Å²) >= 11 is 0.642. The Morgan fingerprint density at radius 2 is 1.81 bits per heavy atom. The van der Waals surface area contributed by atoms with Gasteiger partial charge < -0.3 is 9.53 Å². The van der Waals surface area contributed by atoms with Crippen LogP contribution in [0.3, 0.4) is 0 Å². The summed E-state index contributed by atoms with van der Waals surface area (Å²) in [7, 11) is -5.19. The minimum absolute atomic E-state index is 0.0104. The molecule has 2 aromatic rings. The fourth-order valence-corrected chi connectivity index (χ4v) is 4.52. The minimum atomic E-state index is -6.38. The molecule has 0 aliphatic rings. The fourth-order valence-electron chi connectivity index (χ4n) is 3.05.